The van der Waals surface area contributed by atoms with Gasteiger partial charge < -0.3 is 19.1 Å². The van der Waals surface area contributed by atoms with Crippen LogP contribution in [0.5, 0.6) is 5.75 Å². The van der Waals surface area contributed by atoms with E-state index < -0.39 is 11.3 Å². The lowest BCUT2D eigenvalue weighted by molar-refractivity contribution is -0.180. The smallest absolute Gasteiger partial charge is 0.205 e. The summed E-state index contributed by atoms with van der Waals surface area (Å²) in [5, 5.41) is 10.2. The van der Waals surface area contributed by atoms with E-state index in [0.29, 0.717) is 12.3 Å². The molecular weight excluding hydrogens is 472 g/mol. The van der Waals surface area contributed by atoms with Gasteiger partial charge in [-0.15, -0.1) is 0 Å². The molecule has 0 atom stereocenters. The maximum Gasteiger partial charge on any atom is 0.205 e. The summed E-state index contributed by atoms with van der Waals surface area (Å²) >= 11 is 0. The van der Waals surface area contributed by atoms with Crippen LogP contribution in [-0.2, 0) is 23.5 Å². The second-order valence-corrected chi connectivity index (χ2v) is 10.0. The van der Waals surface area contributed by atoms with E-state index in [1.807, 2.05) is 50.4 Å². The van der Waals surface area contributed by atoms with Crippen molar-refractivity contribution in [3.63, 3.8) is 0 Å². The highest BCUT2D eigenvalue weighted by Gasteiger charge is 2.40. The Morgan fingerprint density at radius 1 is 0.816 bits per heavy atom. The standard InChI is InChI=1S/C33H30N2O3/c1-32(2)37-23-25-20-24(18-19-30(25)38-32)31-34-29(22-36)21-35(31)33(26-12-6-3-7-13-26,27-14-8-4-9-15-27)28-16-10-5-11-17-28/h3-21,36H,22-23H2,1-2H3. The summed E-state index contributed by atoms with van der Waals surface area (Å²) in [6.07, 6.45) is 1.97. The van der Waals surface area contributed by atoms with Gasteiger partial charge in [-0.05, 0) is 34.9 Å². The molecule has 1 aromatic heterocycles. The quantitative estimate of drug-likeness (QED) is 0.268. The second kappa shape index (κ2) is 9.60. The third kappa shape index (κ3) is 4.10. The van der Waals surface area contributed by atoms with Gasteiger partial charge in [0, 0.05) is 31.2 Å². The minimum absolute atomic E-state index is 0.167. The number of aliphatic hydroxyl groups excluding tert-OH is 1. The van der Waals surface area contributed by atoms with Gasteiger partial charge in [-0.3, -0.25) is 0 Å². The van der Waals surface area contributed by atoms with Gasteiger partial charge in [0.15, 0.2) is 0 Å². The van der Waals surface area contributed by atoms with Crippen LogP contribution >= 0.6 is 0 Å². The van der Waals surface area contributed by atoms with Crippen molar-refractivity contribution in [2.24, 2.45) is 0 Å². The highest BCUT2D eigenvalue weighted by Crippen LogP contribution is 2.44. The molecule has 5 nitrogen and oxygen atoms in total. The first-order valence-electron chi connectivity index (χ1n) is 12.8. The molecule has 190 valence electrons. The molecule has 6 rings (SSSR count). The van der Waals surface area contributed by atoms with Gasteiger partial charge in [0.05, 0.1) is 18.9 Å². The van der Waals surface area contributed by atoms with Crippen LogP contribution in [0.1, 0.15) is 41.8 Å². The summed E-state index contributed by atoms with van der Waals surface area (Å²) in [5.41, 5.74) is 5.00. The number of imidazole rings is 1. The number of benzene rings is 4. The highest BCUT2D eigenvalue weighted by molar-refractivity contribution is 5.63. The molecular formula is C33H30N2O3. The molecule has 2 heterocycles. The zero-order valence-electron chi connectivity index (χ0n) is 21.5. The Morgan fingerprint density at radius 3 is 1.89 bits per heavy atom. The van der Waals surface area contributed by atoms with Crippen molar-refractivity contribution in [3.05, 3.63) is 143 Å². The molecule has 0 fully saturated rings. The van der Waals surface area contributed by atoms with Gasteiger partial charge in [0.2, 0.25) is 5.79 Å². The summed E-state index contributed by atoms with van der Waals surface area (Å²) in [4.78, 5) is 4.95. The third-order valence-electron chi connectivity index (χ3n) is 7.10. The first kappa shape index (κ1) is 24.2. The normalized spacial score (nSPS) is 14.5. The Hall–Kier alpha value is -4.19. The maximum absolute atomic E-state index is 10.2. The van der Waals surface area contributed by atoms with Crippen LogP contribution < -0.4 is 4.74 Å². The van der Waals surface area contributed by atoms with Crippen LogP contribution in [0.25, 0.3) is 11.4 Å². The van der Waals surface area contributed by atoms with Crippen LogP contribution in [0.3, 0.4) is 0 Å². The van der Waals surface area contributed by atoms with Crippen molar-refractivity contribution in [2.75, 3.05) is 0 Å². The van der Waals surface area contributed by atoms with Crippen LogP contribution in [0.2, 0.25) is 0 Å². The Bertz CT molecular complexity index is 1450. The number of hydrogen-bond acceptors (Lipinski definition) is 4. The fourth-order valence-corrected chi connectivity index (χ4v) is 5.40. The number of rotatable bonds is 6. The van der Waals surface area contributed by atoms with Gasteiger partial charge in [-0.1, -0.05) is 91.0 Å². The van der Waals surface area contributed by atoms with E-state index in [9.17, 15) is 5.11 Å². The molecule has 5 heteroatoms. The first-order chi connectivity index (χ1) is 18.5. The number of aliphatic hydroxyl groups is 1. The summed E-state index contributed by atoms with van der Waals surface area (Å²) < 4.78 is 14.2. The highest BCUT2D eigenvalue weighted by atomic mass is 16.7. The summed E-state index contributed by atoms with van der Waals surface area (Å²) in [7, 11) is 0. The lowest BCUT2D eigenvalue weighted by Crippen LogP contribution is -2.38. The lowest BCUT2D eigenvalue weighted by atomic mass is 9.76. The van der Waals surface area contributed by atoms with Crippen LogP contribution in [0, 0.1) is 0 Å². The predicted molar refractivity (Wildman–Crippen MR) is 148 cm³/mol. The van der Waals surface area contributed by atoms with Crippen molar-refractivity contribution in [1.29, 1.82) is 0 Å². The minimum atomic E-state index is -0.746. The van der Waals surface area contributed by atoms with E-state index in [1.54, 1.807) is 0 Å². The number of nitrogens with zero attached hydrogens (tertiary/aromatic N) is 2. The van der Waals surface area contributed by atoms with E-state index in [-0.39, 0.29) is 6.61 Å². The number of fused-ring (bicyclic) bond motifs is 1. The molecule has 0 radical (unpaired) electrons. The van der Waals surface area contributed by atoms with E-state index in [4.69, 9.17) is 14.5 Å². The zero-order valence-corrected chi connectivity index (χ0v) is 21.5. The minimum Gasteiger partial charge on any atom is -0.463 e. The summed E-state index contributed by atoms with van der Waals surface area (Å²) in [5.74, 6) is 0.893. The topological polar surface area (TPSA) is 56.5 Å². The molecule has 1 aliphatic rings. The molecule has 0 saturated carbocycles. The summed E-state index contributed by atoms with van der Waals surface area (Å²) in [6, 6.07) is 37.5. The van der Waals surface area contributed by atoms with Gasteiger partial charge in [0.25, 0.3) is 0 Å². The first-order valence-corrected chi connectivity index (χ1v) is 12.8. The number of ether oxygens (including phenoxy) is 2. The Balaban J connectivity index is 1.66. The van der Waals surface area contributed by atoms with Crippen LogP contribution in [0.4, 0.5) is 0 Å². The van der Waals surface area contributed by atoms with Gasteiger partial charge in [-0.2, -0.15) is 0 Å². The van der Waals surface area contributed by atoms with Crippen molar-refractivity contribution < 1.29 is 14.6 Å². The molecule has 0 bridgehead atoms. The van der Waals surface area contributed by atoms with Crippen molar-refractivity contribution in [2.45, 2.75) is 38.4 Å². The van der Waals surface area contributed by atoms with E-state index in [2.05, 4.69) is 83.4 Å². The Labute approximate surface area is 223 Å². The Kier molecular flexibility index (Phi) is 6.10. The van der Waals surface area contributed by atoms with E-state index in [0.717, 1.165) is 39.4 Å². The average molecular weight is 503 g/mol. The molecule has 4 aromatic carbocycles. The van der Waals surface area contributed by atoms with E-state index >= 15 is 0 Å². The fraction of sp³-hybridized carbons (Fsp3) is 0.182. The third-order valence-corrected chi connectivity index (χ3v) is 7.10. The molecule has 1 aliphatic heterocycles. The number of aromatic nitrogens is 2. The average Bonchev–Trinajstić information content (AvgIpc) is 3.39. The SMILES string of the molecule is CC1(C)OCc2cc(-c3nc(CO)cn3C(c3ccccc3)(c3ccccc3)c3ccccc3)ccc2O1. The van der Waals surface area contributed by atoms with Gasteiger partial charge in [-0.25, -0.2) is 4.98 Å². The molecule has 0 unspecified atom stereocenters. The maximum atomic E-state index is 10.2. The zero-order chi connectivity index (χ0) is 26.2. The van der Waals surface area contributed by atoms with Crippen LogP contribution in [-0.4, -0.2) is 20.4 Å². The lowest BCUT2D eigenvalue weighted by Gasteiger charge is -2.38. The van der Waals surface area contributed by atoms with Gasteiger partial charge >= 0.3 is 0 Å². The molecule has 38 heavy (non-hydrogen) atoms. The van der Waals surface area contributed by atoms with Crippen molar-refractivity contribution in [3.8, 4) is 17.1 Å². The summed E-state index contributed by atoms with van der Waals surface area (Å²) in [6.45, 7) is 4.11. The monoisotopic (exact) mass is 502 g/mol. The van der Waals surface area contributed by atoms with Gasteiger partial charge in [0.1, 0.15) is 17.1 Å². The van der Waals surface area contributed by atoms with Crippen LogP contribution in [0.15, 0.2) is 115 Å². The largest absolute Gasteiger partial charge is 0.463 e. The van der Waals surface area contributed by atoms with E-state index in [1.165, 1.54) is 0 Å². The Morgan fingerprint density at radius 2 is 1.37 bits per heavy atom. The molecule has 5 aromatic rings. The molecule has 0 saturated heterocycles. The molecule has 0 aliphatic carbocycles. The molecule has 0 amide bonds. The molecule has 1 N–H and O–H groups in total. The molecule has 0 spiro atoms. The predicted octanol–water partition coefficient (Wildman–Crippen LogP) is 6.53. The second-order valence-electron chi connectivity index (χ2n) is 10.0. The fourth-order valence-electron chi connectivity index (χ4n) is 5.40. The van der Waals surface area contributed by atoms with Crippen molar-refractivity contribution >= 4 is 0 Å². The van der Waals surface area contributed by atoms with Crippen molar-refractivity contribution in [1.82, 2.24) is 9.55 Å². The number of hydrogen-bond donors (Lipinski definition) is 1.